The van der Waals surface area contributed by atoms with Crippen LogP contribution in [0.2, 0.25) is 0 Å². The molecule has 0 saturated heterocycles. The van der Waals surface area contributed by atoms with Crippen LogP contribution in [-0.4, -0.2) is 23.8 Å². The molecule has 0 fully saturated rings. The molecule has 1 aromatic rings. The summed E-state index contributed by atoms with van der Waals surface area (Å²) in [5, 5.41) is 3.44. The third-order valence-corrected chi connectivity index (χ3v) is 1.71. The predicted octanol–water partition coefficient (Wildman–Crippen LogP) is 0.618. The van der Waals surface area contributed by atoms with Crippen LogP contribution in [0, 0.1) is 0 Å². The lowest BCUT2D eigenvalue weighted by molar-refractivity contribution is 0.0990. The van der Waals surface area contributed by atoms with Crippen molar-refractivity contribution in [2.75, 3.05) is 7.11 Å². The molecule has 5 heteroatoms. The van der Waals surface area contributed by atoms with E-state index in [1.807, 2.05) is 0 Å². The fourth-order valence-electron chi connectivity index (χ4n) is 1.11. The highest BCUT2D eigenvalue weighted by atomic mass is 16.6. The Kier molecular flexibility index (Phi) is 1.51. The first kappa shape index (κ1) is 7.72. The molecule has 66 valence electrons. The molecule has 0 aromatic carbocycles. The Bertz CT molecular complexity index is 416. The highest BCUT2D eigenvalue weighted by molar-refractivity contribution is 6.21. The minimum Gasteiger partial charge on any atom is -0.467 e. The number of carbonyl (C=O) groups excluding carboxylic acids is 2. The molecule has 0 amide bonds. The van der Waals surface area contributed by atoms with Crippen LogP contribution in [0.25, 0.3) is 0 Å². The maximum absolute atomic E-state index is 11.3. The summed E-state index contributed by atoms with van der Waals surface area (Å²) in [6.45, 7) is 0. The fourth-order valence-corrected chi connectivity index (χ4v) is 1.11. The van der Waals surface area contributed by atoms with Crippen LogP contribution in [0.3, 0.4) is 0 Å². The lowest BCUT2D eigenvalue weighted by atomic mass is 10.0. The van der Waals surface area contributed by atoms with E-state index in [-0.39, 0.29) is 28.8 Å². The summed E-state index contributed by atoms with van der Waals surface area (Å²) < 4.78 is 9.39. The summed E-state index contributed by atoms with van der Waals surface area (Å²) in [5.74, 6) is -0.688. The van der Waals surface area contributed by atoms with Gasteiger partial charge in [-0.05, 0) is 12.2 Å². The molecule has 13 heavy (non-hydrogen) atoms. The highest BCUT2D eigenvalue weighted by Crippen LogP contribution is 2.25. The monoisotopic (exact) mass is 179 g/mol. The number of carbonyl (C=O) groups is 2. The van der Waals surface area contributed by atoms with Gasteiger partial charge in [0.1, 0.15) is 5.56 Å². The molecule has 1 aromatic heterocycles. The molecule has 0 saturated carbocycles. The van der Waals surface area contributed by atoms with Crippen LogP contribution in [0.5, 0.6) is 5.95 Å². The highest BCUT2D eigenvalue weighted by Gasteiger charge is 2.28. The van der Waals surface area contributed by atoms with E-state index < -0.39 is 0 Å². The van der Waals surface area contributed by atoms with Crippen molar-refractivity contribution in [3.05, 3.63) is 23.4 Å². The topological polar surface area (TPSA) is 69.4 Å². The molecule has 0 unspecified atom stereocenters. The van der Waals surface area contributed by atoms with Gasteiger partial charge in [0.15, 0.2) is 11.5 Å². The maximum atomic E-state index is 11.3. The van der Waals surface area contributed by atoms with Gasteiger partial charge >= 0.3 is 5.95 Å². The second-order valence-electron chi connectivity index (χ2n) is 2.46. The Hall–Kier alpha value is -1.91. The molecule has 0 spiro atoms. The zero-order chi connectivity index (χ0) is 9.42. The lowest BCUT2D eigenvalue weighted by Crippen LogP contribution is -2.10. The number of ether oxygens (including phenoxy) is 1. The van der Waals surface area contributed by atoms with Gasteiger partial charge in [0.25, 0.3) is 0 Å². The minimum atomic E-state index is -0.346. The molecule has 0 atom stereocenters. The molecule has 2 rings (SSSR count). The quantitative estimate of drug-likeness (QED) is 0.631. The van der Waals surface area contributed by atoms with E-state index in [1.165, 1.54) is 13.2 Å². The second kappa shape index (κ2) is 2.55. The zero-order valence-corrected chi connectivity index (χ0v) is 6.73. The number of nitrogens with zero attached hydrogens (tertiary/aromatic N) is 1. The molecule has 0 N–H and O–H groups in total. The Balaban J connectivity index is 2.65. The van der Waals surface area contributed by atoms with Crippen molar-refractivity contribution in [1.29, 1.82) is 0 Å². The second-order valence-corrected chi connectivity index (χ2v) is 2.46. The number of ketones is 2. The van der Waals surface area contributed by atoms with E-state index in [0.29, 0.717) is 0 Å². The van der Waals surface area contributed by atoms with Crippen LogP contribution >= 0.6 is 0 Å². The van der Waals surface area contributed by atoms with Crippen molar-refractivity contribution < 1.29 is 18.8 Å². The SMILES string of the molecule is COc1onc2c1C(=O)C=CC2=O. The van der Waals surface area contributed by atoms with Crippen LogP contribution in [0.15, 0.2) is 16.7 Å². The van der Waals surface area contributed by atoms with Gasteiger partial charge in [-0.25, -0.2) is 0 Å². The predicted molar refractivity (Wildman–Crippen MR) is 40.9 cm³/mol. The molecular formula is C8H5NO4. The van der Waals surface area contributed by atoms with Gasteiger partial charge in [-0.2, -0.15) is 0 Å². The van der Waals surface area contributed by atoms with E-state index in [1.54, 1.807) is 0 Å². The summed E-state index contributed by atoms with van der Waals surface area (Å²) in [7, 11) is 1.34. The third kappa shape index (κ3) is 0.970. The van der Waals surface area contributed by atoms with Crippen LogP contribution in [0.4, 0.5) is 0 Å². The molecule has 0 aliphatic heterocycles. The summed E-state index contributed by atoms with van der Waals surface area (Å²) in [5.41, 5.74) is 0.124. The Morgan fingerprint density at radius 2 is 2.00 bits per heavy atom. The molecule has 1 aliphatic carbocycles. The van der Waals surface area contributed by atoms with Crippen molar-refractivity contribution in [3.8, 4) is 5.95 Å². The zero-order valence-electron chi connectivity index (χ0n) is 6.73. The molecule has 5 nitrogen and oxygen atoms in total. The van der Waals surface area contributed by atoms with Crippen molar-refractivity contribution in [1.82, 2.24) is 5.16 Å². The molecule has 0 radical (unpaired) electrons. The normalized spacial score (nSPS) is 14.5. The summed E-state index contributed by atoms with van der Waals surface area (Å²) in [6, 6.07) is 0. The average Bonchev–Trinajstić information content (AvgIpc) is 2.56. The minimum absolute atomic E-state index is 0.0160. The van der Waals surface area contributed by atoms with Gasteiger partial charge in [0.2, 0.25) is 5.78 Å². The van der Waals surface area contributed by atoms with E-state index in [4.69, 9.17) is 4.74 Å². The first-order valence-corrected chi connectivity index (χ1v) is 3.54. The standard InChI is InChI=1S/C8H5NO4/c1-12-8-6-4(10)2-3-5(11)7(6)9-13-8/h2-3H,1H3. The number of rotatable bonds is 1. The Labute approximate surface area is 73.0 Å². The first-order valence-electron chi connectivity index (χ1n) is 3.54. The fraction of sp³-hybridized carbons (Fsp3) is 0.125. The number of hydrogen-bond donors (Lipinski definition) is 0. The largest absolute Gasteiger partial charge is 0.467 e. The van der Waals surface area contributed by atoms with E-state index >= 15 is 0 Å². The van der Waals surface area contributed by atoms with Crippen molar-refractivity contribution >= 4 is 11.6 Å². The first-order chi connectivity index (χ1) is 6.24. The van der Waals surface area contributed by atoms with Crippen LogP contribution in [-0.2, 0) is 0 Å². The van der Waals surface area contributed by atoms with E-state index in [9.17, 15) is 9.59 Å². The van der Waals surface area contributed by atoms with Gasteiger partial charge in [-0.3, -0.25) is 9.59 Å². The van der Waals surface area contributed by atoms with Gasteiger partial charge in [-0.1, -0.05) is 5.16 Å². The summed E-state index contributed by atoms with van der Waals surface area (Å²) in [4.78, 5) is 22.4. The average molecular weight is 179 g/mol. The number of allylic oxidation sites excluding steroid dienone is 2. The Morgan fingerprint density at radius 3 is 2.69 bits per heavy atom. The van der Waals surface area contributed by atoms with Crippen molar-refractivity contribution in [2.45, 2.75) is 0 Å². The summed E-state index contributed by atoms with van der Waals surface area (Å²) in [6.07, 6.45) is 2.33. The number of aromatic nitrogens is 1. The molecule has 0 bridgehead atoms. The number of hydrogen-bond acceptors (Lipinski definition) is 5. The van der Waals surface area contributed by atoms with Gasteiger partial charge < -0.3 is 9.26 Å². The lowest BCUT2D eigenvalue weighted by Gasteiger charge is -2.00. The Morgan fingerprint density at radius 1 is 1.31 bits per heavy atom. The summed E-state index contributed by atoms with van der Waals surface area (Å²) >= 11 is 0. The molecular weight excluding hydrogens is 174 g/mol. The van der Waals surface area contributed by atoms with E-state index in [0.717, 1.165) is 6.08 Å². The number of fused-ring (bicyclic) bond motifs is 1. The molecule has 1 aliphatic rings. The van der Waals surface area contributed by atoms with Crippen molar-refractivity contribution in [3.63, 3.8) is 0 Å². The van der Waals surface area contributed by atoms with Crippen LogP contribution in [0.1, 0.15) is 20.8 Å². The smallest absolute Gasteiger partial charge is 0.323 e. The maximum Gasteiger partial charge on any atom is 0.323 e. The van der Waals surface area contributed by atoms with Gasteiger partial charge in [0.05, 0.1) is 7.11 Å². The van der Waals surface area contributed by atoms with Crippen LogP contribution < -0.4 is 4.74 Å². The van der Waals surface area contributed by atoms with Crippen molar-refractivity contribution in [2.24, 2.45) is 0 Å². The number of methoxy groups -OCH3 is 1. The van der Waals surface area contributed by atoms with Gasteiger partial charge in [-0.15, -0.1) is 0 Å². The van der Waals surface area contributed by atoms with E-state index in [2.05, 4.69) is 9.68 Å². The third-order valence-electron chi connectivity index (χ3n) is 1.71. The molecule has 1 heterocycles. The van der Waals surface area contributed by atoms with Gasteiger partial charge in [0, 0.05) is 0 Å².